The Morgan fingerprint density at radius 2 is 1.87 bits per heavy atom. The average Bonchev–Trinajstić information content (AvgIpc) is 3.29. The maximum atomic E-state index is 12.8. The van der Waals surface area contributed by atoms with Crippen LogP contribution in [0.1, 0.15) is 29.0 Å². The number of guanidine groups is 1. The molecule has 1 atom stereocenters. The van der Waals surface area contributed by atoms with Crippen molar-refractivity contribution in [2.45, 2.75) is 25.3 Å². The normalized spacial score (nSPS) is 18.9. The first kappa shape index (κ1) is 20.3. The number of amides is 1. The Labute approximate surface area is 178 Å². The predicted octanol–water partition coefficient (Wildman–Crippen LogP) is 2.64. The molecule has 2 aliphatic rings. The monoisotopic (exact) mass is 406 g/mol. The van der Waals surface area contributed by atoms with Crippen LogP contribution in [0, 0.1) is 0 Å². The molecule has 158 valence electrons. The molecule has 6 heteroatoms. The molecule has 1 fully saturated rings. The van der Waals surface area contributed by atoms with Crippen LogP contribution in [0.3, 0.4) is 0 Å². The zero-order valence-electron chi connectivity index (χ0n) is 17.8. The number of likely N-dealkylation sites (tertiary alicyclic amines) is 1. The van der Waals surface area contributed by atoms with Gasteiger partial charge in [-0.05, 0) is 41.7 Å². The Hall–Kier alpha value is -3.02. The van der Waals surface area contributed by atoms with Gasteiger partial charge in [0.25, 0.3) is 0 Å². The van der Waals surface area contributed by atoms with E-state index in [1.165, 1.54) is 16.7 Å². The van der Waals surface area contributed by atoms with Crippen LogP contribution >= 0.6 is 0 Å². The summed E-state index contributed by atoms with van der Waals surface area (Å²) in [6.07, 6.45) is 2.00. The van der Waals surface area contributed by atoms with E-state index in [-0.39, 0.29) is 12.5 Å². The third kappa shape index (κ3) is 4.42. The Balaban J connectivity index is 1.30. The summed E-state index contributed by atoms with van der Waals surface area (Å²) in [7, 11) is 3.47. The van der Waals surface area contributed by atoms with Crippen molar-refractivity contribution in [1.82, 2.24) is 15.1 Å². The second-order valence-corrected chi connectivity index (χ2v) is 7.94. The summed E-state index contributed by atoms with van der Waals surface area (Å²) in [6, 6.07) is 16.7. The van der Waals surface area contributed by atoms with E-state index in [1.54, 1.807) is 14.2 Å². The molecule has 4 rings (SSSR count). The molecule has 2 aromatic carbocycles. The summed E-state index contributed by atoms with van der Waals surface area (Å²) in [4.78, 5) is 21.4. The Kier molecular flexibility index (Phi) is 6.21. The minimum Gasteiger partial charge on any atom is -0.497 e. The summed E-state index contributed by atoms with van der Waals surface area (Å²) in [6.45, 7) is 3.58. The summed E-state index contributed by atoms with van der Waals surface area (Å²) in [5.41, 5.74) is 3.92. The largest absolute Gasteiger partial charge is 0.497 e. The van der Waals surface area contributed by atoms with E-state index in [0.29, 0.717) is 12.5 Å². The molecule has 0 saturated carbocycles. The zero-order chi connectivity index (χ0) is 20.9. The molecule has 0 radical (unpaired) electrons. The van der Waals surface area contributed by atoms with Crippen molar-refractivity contribution in [3.05, 3.63) is 65.2 Å². The molecule has 0 bridgehead atoms. The second-order valence-electron chi connectivity index (χ2n) is 7.94. The maximum absolute atomic E-state index is 12.8. The lowest BCUT2D eigenvalue weighted by Crippen LogP contribution is -2.46. The number of benzene rings is 2. The highest BCUT2D eigenvalue weighted by Crippen LogP contribution is 2.28. The fraction of sp³-hybridized carbons (Fsp3) is 0.417. The molecular weight excluding hydrogens is 376 g/mol. The number of nitrogens with zero attached hydrogens (tertiary/aromatic N) is 3. The third-order valence-corrected chi connectivity index (χ3v) is 6.17. The fourth-order valence-electron chi connectivity index (χ4n) is 4.41. The van der Waals surface area contributed by atoms with Crippen LogP contribution in [0.4, 0.5) is 0 Å². The highest BCUT2D eigenvalue weighted by molar-refractivity contribution is 5.86. The Morgan fingerprint density at radius 3 is 2.60 bits per heavy atom. The highest BCUT2D eigenvalue weighted by atomic mass is 16.5. The van der Waals surface area contributed by atoms with Gasteiger partial charge in [-0.25, -0.2) is 0 Å². The lowest BCUT2D eigenvalue weighted by Gasteiger charge is -2.29. The predicted molar refractivity (Wildman–Crippen MR) is 119 cm³/mol. The SMILES string of the molecule is CN=C(NCC(=O)N1CCc2ccccc2C1)N1CCC(c2ccc(OC)cc2)C1. The number of hydrogen-bond donors (Lipinski definition) is 1. The number of carbonyl (C=O) groups excluding carboxylic acids is 1. The smallest absolute Gasteiger partial charge is 0.242 e. The third-order valence-electron chi connectivity index (χ3n) is 6.17. The van der Waals surface area contributed by atoms with Crippen molar-refractivity contribution in [3.63, 3.8) is 0 Å². The van der Waals surface area contributed by atoms with Crippen molar-refractivity contribution >= 4 is 11.9 Å². The van der Waals surface area contributed by atoms with Crippen molar-refractivity contribution in [1.29, 1.82) is 0 Å². The first-order valence-electron chi connectivity index (χ1n) is 10.6. The fourth-order valence-corrected chi connectivity index (χ4v) is 4.41. The molecule has 1 N–H and O–H groups in total. The van der Waals surface area contributed by atoms with Gasteiger partial charge in [-0.15, -0.1) is 0 Å². The summed E-state index contributed by atoms with van der Waals surface area (Å²) < 4.78 is 5.26. The van der Waals surface area contributed by atoms with Gasteiger partial charge in [-0.3, -0.25) is 9.79 Å². The minimum atomic E-state index is 0.122. The molecule has 1 unspecified atom stereocenters. The van der Waals surface area contributed by atoms with Crippen LogP contribution in [0.15, 0.2) is 53.5 Å². The molecule has 2 aliphatic heterocycles. The van der Waals surface area contributed by atoms with E-state index in [2.05, 4.69) is 45.5 Å². The van der Waals surface area contributed by atoms with Gasteiger partial charge in [0.05, 0.1) is 13.7 Å². The van der Waals surface area contributed by atoms with Crippen LogP contribution in [-0.4, -0.2) is 62.0 Å². The molecule has 2 aromatic rings. The van der Waals surface area contributed by atoms with Gasteiger partial charge in [0.15, 0.2) is 5.96 Å². The number of ether oxygens (including phenoxy) is 1. The van der Waals surface area contributed by atoms with E-state index in [4.69, 9.17) is 4.74 Å². The van der Waals surface area contributed by atoms with Gasteiger partial charge in [0, 0.05) is 39.1 Å². The Morgan fingerprint density at radius 1 is 1.10 bits per heavy atom. The molecule has 30 heavy (non-hydrogen) atoms. The van der Waals surface area contributed by atoms with E-state index in [0.717, 1.165) is 44.2 Å². The van der Waals surface area contributed by atoms with E-state index < -0.39 is 0 Å². The van der Waals surface area contributed by atoms with Gasteiger partial charge < -0.3 is 19.9 Å². The molecule has 1 amide bonds. The average molecular weight is 407 g/mol. The van der Waals surface area contributed by atoms with Crippen LogP contribution < -0.4 is 10.1 Å². The molecule has 1 saturated heterocycles. The van der Waals surface area contributed by atoms with Gasteiger partial charge in [-0.1, -0.05) is 36.4 Å². The number of aliphatic imine (C=N–C) groups is 1. The molecule has 0 aliphatic carbocycles. The standard InChI is InChI=1S/C24H30N4O2/c1-25-24(28-14-12-21(17-28)19-7-9-22(30-2)10-8-19)26-15-23(29)27-13-11-18-5-3-4-6-20(18)16-27/h3-10,21H,11-17H2,1-2H3,(H,25,26). The minimum absolute atomic E-state index is 0.122. The van der Waals surface area contributed by atoms with Crippen LogP contribution in [0.25, 0.3) is 0 Å². The quantitative estimate of drug-likeness (QED) is 0.627. The second kappa shape index (κ2) is 9.20. The molecule has 0 spiro atoms. The van der Waals surface area contributed by atoms with Crippen LogP contribution in [-0.2, 0) is 17.8 Å². The van der Waals surface area contributed by atoms with Gasteiger partial charge in [0.2, 0.25) is 5.91 Å². The summed E-state index contributed by atoms with van der Waals surface area (Å²) in [5.74, 6) is 2.27. The van der Waals surface area contributed by atoms with Crippen molar-refractivity contribution < 1.29 is 9.53 Å². The van der Waals surface area contributed by atoms with Crippen molar-refractivity contribution in [3.8, 4) is 5.75 Å². The lowest BCUT2D eigenvalue weighted by molar-refractivity contribution is -0.130. The van der Waals surface area contributed by atoms with Crippen LogP contribution in [0.5, 0.6) is 5.75 Å². The topological polar surface area (TPSA) is 57.2 Å². The molecule has 2 heterocycles. The molecule has 6 nitrogen and oxygen atoms in total. The highest BCUT2D eigenvalue weighted by Gasteiger charge is 2.27. The van der Waals surface area contributed by atoms with Crippen molar-refractivity contribution in [2.75, 3.05) is 40.3 Å². The number of hydrogen-bond acceptors (Lipinski definition) is 3. The number of carbonyl (C=O) groups is 1. The summed E-state index contributed by atoms with van der Waals surface area (Å²) >= 11 is 0. The number of fused-ring (bicyclic) bond motifs is 1. The Bertz CT molecular complexity index is 910. The number of nitrogens with one attached hydrogen (secondary N) is 1. The van der Waals surface area contributed by atoms with E-state index in [1.807, 2.05) is 23.1 Å². The van der Waals surface area contributed by atoms with E-state index >= 15 is 0 Å². The first-order chi connectivity index (χ1) is 14.7. The lowest BCUT2D eigenvalue weighted by atomic mass is 9.98. The molecular formula is C24H30N4O2. The van der Waals surface area contributed by atoms with Crippen LogP contribution in [0.2, 0.25) is 0 Å². The van der Waals surface area contributed by atoms with Gasteiger partial charge >= 0.3 is 0 Å². The summed E-state index contributed by atoms with van der Waals surface area (Å²) in [5, 5.41) is 3.29. The van der Waals surface area contributed by atoms with E-state index in [9.17, 15) is 4.79 Å². The number of methoxy groups -OCH3 is 1. The molecule has 0 aromatic heterocycles. The first-order valence-corrected chi connectivity index (χ1v) is 10.6. The zero-order valence-corrected chi connectivity index (χ0v) is 17.8. The maximum Gasteiger partial charge on any atom is 0.242 e. The van der Waals surface area contributed by atoms with Gasteiger partial charge in [0.1, 0.15) is 5.75 Å². The van der Waals surface area contributed by atoms with Gasteiger partial charge in [-0.2, -0.15) is 0 Å². The van der Waals surface area contributed by atoms with Crippen molar-refractivity contribution in [2.24, 2.45) is 4.99 Å². The number of rotatable bonds is 4.